The van der Waals surface area contributed by atoms with Crippen molar-refractivity contribution in [3.63, 3.8) is 0 Å². The molecular formula is C11H15N3O2S. The van der Waals surface area contributed by atoms with Crippen LogP contribution in [0.15, 0.2) is 6.07 Å². The maximum absolute atomic E-state index is 10.9. The summed E-state index contributed by atoms with van der Waals surface area (Å²) in [6.45, 7) is 2.55. The molecule has 0 saturated heterocycles. The second-order valence-corrected chi connectivity index (χ2v) is 5.54. The van der Waals surface area contributed by atoms with E-state index in [0.717, 1.165) is 6.54 Å². The number of carboxylic acids is 1. The highest BCUT2D eigenvalue weighted by molar-refractivity contribution is 8.00. The molecule has 6 heteroatoms. The lowest BCUT2D eigenvalue weighted by Gasteiger charge is -2.13. The largest absolute Gasteiger partial charge is 0.477 e. The summed E-state index contributed by atoms with van der Waals surface area (Å²) in [7, 11) is 0. The summed E-state index contributed by atoms with van der Waals surface area (Å²) in [6, 6.07) is 1.47. The van der Waals surface area contributed by atoms with Crippen molar-refractivity contribution in [1.82, 2.24) is 9.97 Å². The molecule has 0 atom stereocenters. The van der Waals surface area contributed by atoms with Crippen LogP contribution in [0.1, 0.15) is 29.0 Å². The van der Waals surface area contributed by atoms with E-state index < -0.39 is 5.97 Å². The average Bonchev–Trinajstić information content (AvgIpc) is 3.06. The molecule has 0 amide bonds. The van der Waals surface area contributed by atoms with Crippen molar-refractivity contribution in [3.05, 3.63) is 17.5 Å². The number of carbonyl (C=O) groups is 1. The van der Waals surface area contributed by atoms with Gasteiger partial charge in [0.1, 0.15) is 0 Å². The molecule has 1 aliphatic rings. The minimum Gasteiger partial charge on any atom is -0.477 e. The first kappa shape index (κ1) is 12.2. The van der Waals surface area contributed by atoms with Crippen molar-refractivity contribution >= 4 is 23.7 Å². The monoisotopic (exact) mass is 253 g/mol. The predicted octanol–water partition coefficient (Wildman–Crippen LogP) is 1.79. The van der Waals surface area contributed by atoms with Gasteiger partial charge >= 0.3 is 5.97 Å². The lowest BCUT2D eigenvalue weighted by atomic mass is 10.3. The first-order valence-corrected chi connectivity index (χ1v) is 6.65. The summed E-state index contributed by atoms with van der Waals surface area (Å²) in [4.78, 5) is 19.0. The van der Waals surface area contributed by atoms with Gasteiger partial charge in [-0.2, -0.15) is 11.8 Å². The molecule has 1 heterocycles. The molecule has 0 unspecified atom stereocenters. The number of aromatic carboxylic acids is 1. The molecule has 1 aliphatic carbocycles. The van der Waals surface area contributed by atoms with E-state index >= 15 is 0 Å². The van der Waals surface area contributed by atoms with Gasteiger partial charge in [0.25, 0.3) is 0 Å². The van der Waals surface area contributed by atoms with Gasteiger partial charge in [0.2, 0.25) is 5.95 Å². The zero-order valence-electron chi connectivity index (χ0n) is 9.86. The molecule has 1 saturated carbocycles. The van der Waals surface area contributed by atoms with Crippen molar-refractivity contribution in [2.45, 2.75) is 24.5 Å². The van der Waals surface area contributed by atoms with Crippen molar-refractivity contribution in [3.8, 4) is 0 Å². The van der Waals surface area contributed by atoms with E-state index in [1.807, 2.05) is 11.8 Å². The van der Waals surface area contributed by atoms with Gasteiger partial charge in [-0.3, -0.25) is 0 Å². The molecule has 0 aliphatic heterocycles. The molecule has 0 radical (unpaired) electrons. The number of carboxylic acid groups (broad SMARTS) is 1. The van der Waals surface area contributed by atoms with Crippen LogP contribution in [0.2, 0.25) is 0 Å². The second-order valence-electron chi connectivity index (χ2n) is 4.26. The molecule has 17 heavy (non-hydrogen) atoms. The van der Waals surface area contributed by atoms with Gasteiger partial charge in [0, 0.05) is 17.0 Å². The van der Waals surface area contributed by atoms with E-state index in [1.54, 1.807) is 6.92 Å². The molecule has 5 nitrogen and oxygen atoms in total. The van der Waals surface area contributed by atoms with E-state index in [1.165, 1.54) is 18.9 Å². The summed E-state index contributed by atoms with van der Waals surface area (Å²) >= 11 is 1.84. The Morgan fingerprint density at radius 2 is 2.29 bits per heavy atom. The van der Waals surface area contributed by atoms with Crippen LogP contribution in [0.25, 0.3) is 0 Å². The fourth-order valence-electron chi connectivity index (χ4n) is 1.59. The van der Waals surface area contributed by atoms with Gasteiger partial charge in [0.15, 0.2) is 5.69 Å². The Morgan fingerprint density at radius 3 is 2.82 bits per heavy atom. The van der Waals surface area contributed by atoms with Crippen LogP contribution in [0.5, 0.6) is 0 Å². The Hall–Kier alpha value is -1.30. The number of nitrogens with zero attached hydrogens (tertiary/aromatic N) is 2. The molecule has 1 aromatic rings. The number of aryl methyl sites for hydroxylation is 1. The van der Waals surface area contributed by atoms with E-state index in [-0.39, 0.29) is 5.69 Å². The zero-order valence-corrected chi connectivity index (χ0v) is 10.7. The van der Waals surface area contributed by atoms with E-state index in [2.05, 4.69) is 21.5 Å². The van der Waals surface area contributed by atoms with E-state index in [0.29, 0.717) is 16.4 Å². The number of thioether (sulfide) groups is 1. The van der Waals surface area contributed by atoms with Crippen molar-refractivity contribution in [2.24, 2.45) is 0 Å². The number of hydrogen-bond acceptors (Lipinski definition) is 5. The maximum atomic E-state index is 10.9. The molecule has 0 aromatic carbocycles. The van der Waals surface area contributed by atoms with Crippen LogP contribution in [0.4, 0.5) is 5.95 Å². The Bertz CT molecular complexity index is 446. The van der Waals surface area contributed by atoms with Gasteiger partial charge in [-0.05, 0) is 32.1 Å². The Balaban J connectivity index is 2.07. The molecule has 92 valence electrons. The highest BCUT2D eigenvalue weighted by Gasteiger charge is 2.41. The lowest BCUT2D eigenvalue weighted by molar-refractivity contribution is 0.0690. The molecule has 1 fully saturated rings. The number of aromatic nitrogens is 2. The van der Waals surface area contributed by atoms with Crippen LogP contribution < -0.4 is 5.32 Å². The number of hydrogen-bond donors (Lipinski definition) is 2. The smallest absolute Gasteiger partial charge is 0.354 e. The fraction of sp³-hybridized carbons (Fsp3) is 0.545. The zero-order chi connectivity index (χ0) is 12.5. The Kier molecular flexibility index (Phi) is 3.24. The molecule has 2 N–H and O–H groups in total. The van der Waals surface area contributed by atoms with E-state index in [9.17, 15) is 4.79 Å². The van der Waals surface area contributed by atoms with Crippen molar-refractivity contribution in [1.29, 1.82) is 0 Å². The number of nitrogens with one attached hydrogen (secondary N) is 1. The fourth-order valence-corrected chi connectivity index (χ4v) is 2.32. The minimum atomic E-state index is -1.02. The van der Waals surface area contributed by atoms with Crippen LogP contribution in [0.3, 0.4) is 0 Å². The summed E-state index contributed by atoms with van der Waals surface area (Å²) in [5, 5.41) is 12.0. The third kappa shape index (κ3) is 2.88. The average molecular weight is 253 g/mol. The standard InChI is InChI=1S/C11H15N3O2S/c1-7-5-8(9(15)16)14-10(13-7)12-6-11(17-2)3-4-11/h5H,3-4,6H2,1-2H3,(H,15,16)(H,12,13,14). The Labute approximate surface area is 104 Å². The topological polar surface area (TPSA) is 75.1 Å². The SMILES string of the molecule is CSC1(CNc2nc(C)cc(C(=O)O)n2)CC1. The molecule has 0 bridgehead atoms. The highest BCUT2D eigenvalue weighted by atomic mass is 32.2. The summed E-state index contributed by atoms with van der Waals surface area (Å²) in [5.74, 6) is -0.618. The van der Waals surface area contributed by atoms with Crippen LogP contribution in [-0.4, -0.2) is 38.6 Å². The van der Waals surface area contributed by atoms with Gasteiger partial charge < -0.3 is 10.4 Å². The quantitative estimate of drug-likeness (QED) is 0.833. The Morgan fingerprint density at radius 1 is 1.59 bits per heavy atom. The molecule has 2 rings (SSSR count). The number of rotatable bonds is 5. The predicted molar refractivity (Wildman–Crippen MR) is 67.7 cm³/mol. The van der Waals surface area contributed by atoms with Crippen LogP contribution in [0, 0.1) is 6.92 Å². The first-order valence-electron chi connectivity index (χ1n) is 5.43. The second kappa shape index (κ2) is 4.52. The minimum absolute atomic E-state index is 0.0361. The summed E-state index contributed by atoms with van der Waals surface area (Å²) in [6.07, 6.45) is 4.48. The number of anilines is 1. The normalized spacial score (nSPS) is 16.6. The third-order valence-electron chi connectivity index (χ3n) is 2.88. The van der Waals surface area contributed by atoms with Crippen molar-refractivity contribution in [2.75, 3.05) is 18.1 Å². The van der Waals surface area contributed by atoms with Crippen LogP contribution >= 0.6 is 11.8 Å². The highest BCUT2D eigenvalue weighted by Crippen LogP contribution is 2.46. The molecular weight excluding hydrogens is 238 g/mol. The van der Waals surface area contributed by atoms with Gasteiger partial charge in [-0.15, -0.1) is 0 Å². The van der Waals surface area contributed by atoms with Gasteiger partial charge in [-0.25, -0.2) is 14.8 Å². The summed E-state index contributed by atoms with van der Waals surface area (Å²) in [5.41, 5.74) is 0.697. The van der Waals surface area contributed by atoms with E-state index in [4.69, 9.17) is 5.11 Å². The van der Waals surface area contributed by atoms with Crippen LogP contribution in [-0.2, 0) is 0 Å². The van der Waals surface area contributed by atoms with Crippen molar-refractivity contribution < 1.29 is 9.90 Å². The maximum Gasteiger partial charge on any atom is 0.354 e. The third-order valence-corrected chi connectivity index (χ3v) is 4.30. The first-order chi connectivity index (χ1) is 8.04. The molecule has 1 aromatic heterocycles. The summed E-state index contributed by atoms with van der Waals surface area (Å²) < 4.78 is 0.302. The molecule has 0 spiro atoms. The lowest BCUT2D eigenvalue weighted by Crippen LogP contribution is -2.19. The van der Waals surface area contributed by atoms with Gasteiger partial charge in [-0.1, -0.05) is 0 Å². The van der Waals surface area contributed by atoms with Gasteiger partial charge in [0.05, 0.1) is 0 Å².